The molecule has 0 bridgehead atoms. The summed E-state index contributed by atoms with van der Waals surface area (Å²) in [7, 11) is 0. The Morgan fingerprint density at radius 2 is 1.96 bits per heavy atom. The molecule has 0 fully saturated rings. The van der Waals surface area contributed by atoms with E-state index in [1.54, 1.807) is 31.2 Å². The molecule has 26 heavy (non-hydrogen) atoms. The highest BCUT2D eigenvalue weighted by Crippen LogP contribution is 2.31. The van der Waals surface area contributed by atoms with E-state index in [2.05, 4.69) is 15.9 Å². The summed E-state index contributed by atoms with van der Waals surface area (Å²) in [6.07, 6.45) is 1.99. The number of para-hydroxylation sites is 1. The van der Waals surface area contributed by atoms with Gasteiger partial charge in [-0.05, 0) is 67.0 Å². The van der Waals surface area contributed by atoms with Gasteiger partial charge in [-0.15, -0.1) is 0 Å². The third-order valence-corrected chi connectivity index (χ3v) is 4.43. The number of fused-ring (bicyclic) bond motifs is 1. The first-order valence-corrected chi connectivity index (χ1v) is 9.01. The van der Waals surface area contributed by atoms with Gasteiger partial charge in [0.15, 0.2) is 0 Å². The smallest absolute Gasteiger partial charge is 0.235 e. The van der Waals surface area contributed by atoms with Crippen LogP contribution in [0.2, 0.25) is 0 Å². The summed E-state index contributed by atoms with van der Waals surface area (Å²) in [6, 6.07) is 12.5. The lowest BCUT2D eigenvalue weighted by molar-refractivity contribution is 0.361. The van der Waals surface area contributed by atoms with Crippen molar-refractivity contribution in [3.8, 4) is 17.2 Å². The molecule has 3 rings (SSSR count). The minimum absolute atomic E-state index is 0.183. The number of hydrogen-bond acceptors (Lipinski definition) is 4. The first-order chi connectivity index (χ1) is 12.5. The van der Waals surface area contributed by atoms with E-state index in [0.717, 1.165) is 4.47 Å². The average molecular weight is 415 g/mol. The molecule has 0 aliphatic carbocycles. The van der Waals surface area contributed by atoms with Gasteiger partial charge in [0.05, 0.1) is 9.86 Å². The Kier molecular flexibility index (Phi) is 5.47. The van der Waals surface area contributed by atoms with Gasteiger partial charge >= 0.3 is 0 Å². The van der Waals surface area contributed by atoms with Crippen molar-refractivity contribution in [3.63, 3.8) is 0 Å². The van der Waals surface area contributed by atoms with Crippen LogP contribution >= 0.6 is 15.9 Å². The van der Waals surface area contributed by atoms with Gasteiger partial charge in [0.25, 0.3) is 0 Å². The maximum atomic E-state index is 12.8. The number of benzene rings is 2. The highest BCUT2D eigenvalue weighted by Gasteiger charge is 2.15. The molecule has 1 aromatic heterocycles. The van der Waals surface area contributed by atoms with E-state index >= 15 is 0 Å². The van der Waals surface area contributed by atoms with Gasteiger partial charge in [-0.1, -0.05) is 17.7 Å². The topological polar surface area (TPSA) is 48.7 Å². The van der Waals surface area contributed by atoms with Gasteiger partial charge in [0, 0.05) is 6.07 Å². The second kappa shape index (κ2) is 7.79. The Balaban J connectivity index is 1.96. The second-order valence-electron chi connectivity index (χ2n) is 6.10. The van der Waals surface area contributed by atoms with E-state index in [-0.39, 0.29) is 11.2 Å². The zero-order valence-corrected chi connectivity index (χ0v) is 16.4. The molecule has 4 nitrogen and oxygen atoms in total. The van der Waals surface area contributed by atoms with E-state index in [9.17, 15) is 4.79 Å². The fraction of sp³-hybridized carbons (Fsp3) is 0.190. The molecule has 0 aliphatic heterocycles. The van der Waals surface area contributed by atoms with Crippen LogP contribution in [0, 0.1) is 6.92 Å². The zero-order valence-electron chi connectivity index (χ0n) is 14.8. The normalized spacial score (nSPS) is 10.6. The molecule has 134 valence electrons. The van der Waals surface area contributed by atoms with Gasteiger partial charge in [-0.25, -0.2) is 0 Å². The summed E-state index contributed by atoms with van der Waals surface area (Å²) in [5, 5.41) is 0.451. The first kappa shape index (κ1) is 18.3. The fourth-order valence-electron chi connectivity index (χ4n) is 2.42. The lowest BCUT2D eigenvalue weighted by Crippen LogP contribution is -2.07. The van der Waals surface area contributed by atoms with Crippen molar-refractivity contribution in [2.24, 2.45) is 0 Å². The minimum atomic E-state index is -0.213. The molecule has 5 heteroatoms. The Hall–Kier alpha value is -2.53. The third-order valence-electron chi connectivity index (χ3n) is 3.78. The third kappa shape index (κ3) is 3.99. The summed E-state index contributed by atoms with van der Waals surface area (Å²) < 4.78 is 18.1. The molecule has 0 saturated heterocycles. The number of rotatable bonds is 5. The second-order valence-corrected chi connectivity index (χ2v) is 6.95. The molecule has 0 saturated carbocycles. The fourth-order valence-corrected chi connectivity index (χ4v) is 2.78. The van der Waals surface area contributed by atoms with Crippen molar-refractivity contribution in [2.45, 2.75) is 20.8 Å². The zero-order chi connectivity index (χ0) is 18.7. The highest BCUT2D eigenvalue weighted by molar-refractivity contribution is 9.10. The Labute approximate surface area is 160 Å². The lowest BCUT2D eigenvalue weighted by Gasteiger charge is -2.11. The Bertz CT molecular complexity index is 1030. The lowest BCUT2D eigenvalue weighted by atomic mass is 10.2. The first-order valence-electron chi connectivity index (χ1n) is 8.21. The van der Waals surface area contributed by atoms with Crippen molar-refractivity contribution in [1.29, 1.82) is 0 Å². The van der Waals surface area contributed by atoms with Crippen LogP contribution in [-0.4, -0.2) is 6.61 Å². The number of allylic oxidation sites excluding steroid dienone is 1. The van der Waals surface area contributed by atoms with Gasteiger partial charge in [0.2, 0.25) is 11.2 Å². The van der Waals surface area contributed by atoms with Crippen molar-refractivity contribution in [1.82, 2.24) is 0 Å². The van der Waals surface area contributed by atoms with Crippen molar-refractivity contribution >= 4 is 26.9 Å². The maximum Gasteiger partial charge on any atom is 0.235 e. The van der Waals surface area contributed by atoms with Crippen LogP contribution in [0.4, 0.5) is 0 Å². The van der Waals surface area contributed by atoms with E-state index in [0.29, 0.717) is 34.8 Å². The van der Waals surface area contributed by atoms with Crippen LogP contribution in [0.1, 0.15) is 19.6 Å². The van der Waals surface area contributed by atoms with Gasteiger partial charge < -0.3 is 13.9 Å². The van der Waals surface area contributed by atoms with E-state index in [1.807, 2.05) is 38.1 Å². The Morgan fingerprint density at radius 3 is 2.69 bits per heavy atom. The summed E-state index contributed by atoms with van der Waals surface area (Å²) in [4.78, 5) is 12.8. The molecule has 3 aromatic rings. The predicted molar refractivity (Wildman–Crippen MR) is 106 cm³/mol. The molecule has 0 atom stereocenters. The van der Waals surface area contributed by atoms with Crippen LogP contribution in [-0.2, 0) is 0 Å². The monoisotopic (exact) mass is 414 g/mol. The van der Waals surface area contributed by atoms with Gasteiger partial charge in [-0.3, -0.25) is 4.79 Å². The number of halogens is 1. The van der Waals surface area contributed by atoms with E-state index in [4.69, 9.17) is 13.9 Å². The molecule has 0 radical (unpaired) electrons. The van der Waals surface area contributed by atoms with Gasteiger partial charge in [-0.2, -0.15) is 0 Å². The number of aryl methyl sites for hydroxylation is 1. The molecule has 0 spiro atoms. The minimum Gasteiger partial charge on any atom is -0.489 e. The molecular weight excluding hydrogens is 396 g/mol. The highest BCUT2D eigenvalue weighted by atomic mass is 79.9. The van der Waals surface area contributed by atoms with Crippen LogP contribution in [0.3, 0.4) is 0 Å². The molecular formula is C21H19BrO4. The van der Waals surface area contributed by atoms with Crippen LogP contribution < -0.4 is 14.9 Å². The average Bonchev–Trinajstić information content (AvgIpc) is 2.59. The SMILES string of the molecule is CC(C)=CCOc1ccc2c(=O)c(Oc3ccccc3Br)c(C)oc2c1. The molecule has 2 aromatic carbocycles. The van der Waals surface area contributed by atoms with Crippen LogP contribution in [0.15, 0.2) is 67.8 Å². The van der Waals surface area contributed by atoms with Crippen molar-refractivity contribution < 1.29 is 13.9 Å². The standard InChI is InChI=1S/C21H19BrO4/c1-13(2)10-11-24-15-8-9-16-19(12-15)25-14(3)21(20(16)23)26-18-7-5-4-6-17(18)22/h4-10,12H,11H2,1-3H3. The summed E-state index contributed by atoms with van der Waals surface area (Å²) in [5.41, 5.74) is 1.44. The summed E-state index contributed by atoms with van der Waals surface area (Å²) >= 11 is 3.42. The Morgan fingerprint density at radius 1 is 1.19 bits per heavy atom. The van der Waals surface area contributed by atoms with Crippen molar-refractivity contribution in [3.05, 3.63) is 74.6 Å². The van der Waals surface area contributed by atoms with Crippen LogP contribution in [0.5, 0.6) is 17.2 Å². The van der Waals surface area contributed by atoms with Gasteiger partial charge in [0.1, 0.15) is 29.4 Å². The predicted octanol–water partition coefficient (Wildman–Crippen LogP) is 6.00. The summed E-state index contributed by atoms with van der Waals surface area (Å²) in [6.45, 7) is 6.21. The molecule has 1 heterocycles. The summed E-state index contributed by atoms with van der Waals surface area (Å²) in [5.74, 6) is 1.81. The number of hydrogen-bond donors (Lipinski definition) is 0. The molecule has 0 aliphatic rings. The molecule has 0 amide bonds. The van der Waals surface area contributed by atoms with E-state index in [1.165, 1.54) is 5.57 Å². The van der Waals surface area contributed by atoms with E-state index < -0.39 is 0 Å². The van der Waals surface area contributed by atoms with Crippen molar-refractivity contribution in [2.75, 3.05) is 6.61 Å². The largest absolute Gasteiger partial charge is 0.489 e. The maximum absolute atomic E-state index is 12.8. The van der Waals surface area contributed by atoms with Crippen LogP contribution in [0.25, 0.3) is 11.0 Å². The molecule has 0 N–H and O–H groups in total. The number of ether oxygens (including phenoxy) is 2. The molecule has 0 unspecified atom stereocenters. The quantitative estimate of drug-likeness (QED) is 0.480.